The highest BCUT2D eigenvalue weighted by Crippen LogP contribution is 2.37. The van der Waals surface area contributed by atoms with Gasteiger partial charge in [-0.2, -0.15) is 0 Å². The number of hydrogen-bond acceptors (Lipinski definition) is 5. The first kappa shape index (κ1) is 19.4. The minimum Gasteiger partial charge on any atom is -0.497 e. The highest BCUT2D eigenvalue weighted by Gasteiger charge is 2.33. The van der Waals surface area contributed by atoms with Crippen molar-refractivity contribution in [2.45, 2.75) is 24.7 Å². The summed E-state index contributed by atoms with van der Waals surface area (Å²) >= 11 is 0. The van der Waals surface area contributed by atoms with Gasteiger partial charge in [0.25, 0.3) is 0 Å². The summed E-state index contributed by atoms with van der Waals surface area (Å²) in [4.78, 5) is 9.11. The summed E-state index contributed by atoms with van der Waals surface area (Å²) in [7, 11) is 1.67. The lowest BCUT2D eigenvalue weighted by Crippen LogP contribution is -2.35. The molecule has 4 rings (SSSR count). The summed E-state index contributed by atoms with van der Waals surface area (Å²) in [6.07, 6.45) is 6.70. The third-order valence-corrected chi connectivity index (χ3v) is 5.75. The molecule has 0 spiro atoms. The summed E-state index contributed by atoms with van der Waals surface area (Å²) in [5, 5.41) is 3.48. The van der Waals surface area contributed by atoms with Crippen molar-refractivity contribution < 1.29 is 9.47 Å². The van der Waals surface area contributed by atoms with Crippen molar-refractivity contribution in [2.24, 2.45) is 0 Å². The number of rotatable bonds is 7. The van der Waals surface area contributed by atoms with Crippen LogP contribution in [0.3, 0.4) is 0 Å². The van der Waals surface area contributed by atoms with Crippen molar-refractivity contribution in [3.8, 4) is 17.0 Å². The Labute approximate surface area is 172 Å². The van der Waals surface area contributed by atoms with E-state index in [1.807, 2.05) is 24.3 Å². The lowest BCUT2D eigenvalue weighted by molar-refractivity contribution is 0.0480. The summed E-state index contributed by atoms with van der Waals surface area (Å²) in [5.74, 6) is 1.60. The van der Waals surface area contributed by atoms with Gasteiger partial charge in [0.15, 0.2) is 0 Å². The highest BCUT2D eigenvalue weighted by atomic mass is 16.5. The monoisotopic (exact) mass is 389 g/mol. The number of ether oxygens (including phenoxy) is 2. The molecule has 1 saturated heterocycles. The molecule has 29 heavy (non-hydrogen) atoms. The van der Waals surface area contributed by atoms with Crippen LogP contribution in [-0.2, 0) is 10.2 Å². The van der Waals surface area contributed by atoms with Crippen LogP contribution in [0, 0.1) is 0 Å². The Morgan fingerprint density at radius 1 is 1.03 bits per heavy atom. The first-order valence-electron chi connectivity index (χ1n) is 10.1. The third-order valence-electron chi connectivity index (χ3n) is 5.75. The highest BCUT2D eigenvalue weighted by molar-refractivity contribution is 5.61. The zero-order chi connectivity index (χ0) is 19.9. The lowest BCUT2D eigenvalue weighted by Gasteiger charge is -2.38. The Hall–Kier alpha value is -2.92. The molecule has 2 aromatic carbocycles. The van der Waals surface area contributed by atoms with Crippen molar-refractivity contribution in [1.29, 1.82) is 0 Å². The van der Waals surface area contributed by atoms with Crippen molar-refractivity contribution >= 4 is 5.82 Å². The van der Waals surface area contributed by atoms with Gasteiger partial charge in [-0.3, -0.25) is 4.98 Å². The van der Waals surface area contributed by atoms with E-state index in [0.29, 0.717) is 0 Å². The number of nitrogens with zero attached hydrogens (tertiary/aromatic N) is 2. The molecule has 0 radical (unpaired) electrons. The van der Waals surface area contributed by atoms with Crippen LogP contribution in [0.25, 0.3) is 11.3 Å². The summed E-state index contributed by atoms with van der Waals surface area (Å²) in [5.41, 5.74) is 3.38. The van der Waals surface area contributed by atoms with Gasteiger partial charge >= 0.3 is 0 Å². The minimum atomic E-state index is 0.157. The molecule has 0 aliphatic carbocycles. The SMILES string of the molecule is COc1cccc(-c2cncc(NCCC3(c4ccccc4)CCOCC3)n2)c1. The molecule has 150 valence electrons. The van der Waals surface area contributed by atoms with Crippen LogP contribution in [0.15, 0.2) is 67.0 Å². The first-order valence-corrected chi connectivity index (χ1v) is 10.1. The Morgan fingerprint density at radius 3 is 2.66 bits per heavy atom. The van der Waals surface area contributed by atoms with Crippen molar-refractivity contribution in [1.82, 2.24) is 9.97 Å². The Morgan fingerprint density at radius 2 is 1.86 bits per heavy atom. The molecule has 0 atom stereocenters. The summed E-state index contributed by atoms with van der Waals surface area (Å²) in [6, 6.07) is 18.7. The van der Waals surface area contributed by atoms with Gasteiger partial charge in [0.05, 0.1) is 25.2 Å². The molecule has 0 saturated carbocycles. The average molecular weight is 389 g/mol. The smallest absolute Gasteiger partial charge is 0.145 e. The van der Waals surface area contributed by atoms with Crippen molar-refractivity contribution in [3.05, 3.63) is 72.6 Å². The summed E-state index contributed by atoms with van der Waals surface area (Å²) < 4.78 is 11.0. The van der Waals surface area contributed by atoms with Crippen molar-refractivity contribution in [2.75, 3.05) is 32.2 Å². The van der Waals surface area contributed by atoms with E-state index in [9.17, 15) is 0 Å². The predicted molar refractivity (Wildman–Crippen MR) is 115 cm³/mol. The number of hydrogen-bond donors (Lipinski definition) is 1. The number of aromatic nitrogens is 2. The van der Waals surface area contributed by atoms with E-state index in [-0.39, 0.29) is 5.41 Å². The number of methoxy groups -OCH3 is 1. The Bertz CT molecular complexity index is 924. The molecule has 2 heterocycles. The fraction of sp³-hybridized carbons (Fsp3) is 0.333. The zero-order valence-corrected chi connectivity index (χ0v) is 16.8. The van der Waals surface area contributed by atoms with E-state index in [4.69, 9.17) is 14.5 Å². The van der Waals surface area contributed by atoms with Crippen LogP contribution in [0.5, 0.6) is 5.75 Å². The van der Waals surface area contributed by atoms with Crippen LogP contribution >= 0.6 is 0 Å². The molecule has 1 fully saturated rings. The molecule has 5 nitrogen and oxygen atoms in total. The maximum absolute atomic E-state index is 5.64. The van der Waals surface area contributed by atoms with E-state index >= 15 is 0 Å². The summed E-state index contributed by atoms with van der Waals surface area (Å²) in [6.45, 7) is 2.48. The minimum absolute atomic E-state index is 0.157. The van der Waals surface area contributed by atoms with Gasteiger partial charge in [0.2, 0.25) is 0 Å². The third kappa shape index (κ3) is 4.57. The van der Waals surface area contributed by atoms with Crippen molar-refractivity contribution in [3.63, 3.8) is 0 Å². The van der Waals surface area contributed by atoms with Crippen LogP contribution in [0.2, 0.25) is 0 Å². The van der Waals surface area contributed by atoms with Crippen LogP contribution < -0.4 is 10.1 Å². The van der Waals surface area contributed by atoms with E-state index in [1.54, 1.807) is 19.5 Å². The molecule has 1 N–H and O–H groups in total. The number of nitrogens with one attached hydrogen (secondary N) is 1. The van der Waals surface area contributed by atoms with Gasteiger partial charge in [0, 0.05) is 30.7 Å². The molecule has 0 bridgehead atoms. The molecule has 1 aliphatic rings. The first-order chi connectivity index (χ1) is 14.3. The molecule has 5 heteroatoms. The average Bonchev–Trinajstić information content (AvgIpc) is 2.80. The molecule has 1 aromatic heterocycles. The van der Waals surface area contributed by atoms with Gasteiger partial charge in [-0.1, -0.05) is 42.5 Å². The van der Waals surface area contributed by atoms with Gasteiger partial charge in [-0.25, -0.2) is 4.98 Å². The molecular formula is C24H27N3O2. The van der Waals surface area contributed by atoms with E-state index in [1.165, 1.54) is 5.56 Å². The standard InChI is InChI=1S/C24H27N3O2/c1-28-21-9-5-6-19(16-21)22-17-25-18-23(27-22)26-13-10-24(11-14-29-15-12-24)20-7-3-2-4-8-20/h2-9,16-18H,10-15H2,1H3,(H,26,27). The molecule has 0 unspecified atom stereocenters. The second-order valence-corrected chi connectivity index (χ2v) is 7.46. The van der Waals surface area contributed by atoms with Gasteiger partial charge in [0.1, 0.15) is 11.6 Å². The predicted octanol–water partition coefficient (Wildman–Crippen LogP) is 4.70. The molecule has 3 aromatic rings. The largest absolute Gasteiger partial charge is 0.497 e. The fourth-order valence-corrected chi connectivity index (χ4v) is 4.04. The lowest BCUT2D eigenvalue weighted by atomic mass is 9.72. The van der Waals surface area contributed by atoms with Crippen LogP contribution in [0.4, 0.5) is 5.82 Å². The van der Waals surface area contributed by atoms with Crippen LogP contribution in [0.1, 0.15) is 24.8 Å². The van der Waals surface area contributed by atoms with Gasteiger partial charge in [-0.05, 0) is 37.0 Å². The van der Waals surface area contributed by atoms with E-state index in [0.717, 1.165) is 61.8 Å². The topological polar surface area (TPSA) is 56.3 Å². The fourth-order valence-electron chi connectivity index (χ4n) is 4.04. The van der Waals surface area contributed by atoms with E-state index in [2.05, 4.69) is 40.6 Å². The second kappa shape index (κ2) is 9.05. The molecule has 0 amide bonds. The van der Waals surface area contributed by atoms with Crippen LogP contribution in [-0.4, -0.2) is 36.8 Å². The normalized spacial score (nSPS) is 15.6. The quantitative estimate of drug-likeness (QED) is 0.635. The van der Waals surface area contributed by atoms with Gasteiger partial charge < -0.3 is 14.8 Å². The Kier molecular flexibility index (Phi) is 6.06. The zero-order valence-electron chi connectivity index (χ0n) is 16.8. The maximum Gasteiger partial charge on any atom is 0.145 e. The molecular weight excluding hydrogens is 362 g/mol. The van der Waals surface area contributed by atoms with E-state index < -0.39 is 0 Å². The number of benzene rings is 2. The maximum atomic E-state index is 5.64. The Balaban J connectivity index is 1.46. The van der Waals surface area contributed by atoms with Gasteiger partial charge in [-0.15, -0.1) is 0 Å². The second-order valence-electron chi connectivity index (χ2n) is 7.46. The number of anilines is 1. The molecule has 1 aliphatic heterocycles.